The van der Waals surface area contributed by atoms with Crippen LogP contribution in [0, 0.1) is 17.3 Å². The summed E-state index contributed by atoms with van der Waals surface area (Å²) in [6, 6.07) is -0.449. The lowest BCUT2D eigenvalue weighted by atomic mass is 9.82. The molecule has 2 atom stereocenters. The fourth-order valence-corrected chi connectivity index (χ4v) is 3.41. The third-order valence-corrected chi connectivity index (χ3v) is 5.83. The third-order valence-electron chi connectivity index (χ3n) is 5.83. The van der Waals surface area contributed by atoms with Crippen LogP contribution in [-0.4, -0.2) is 23.5 Å². The number of Topliss-reactive ketones (excluding diaryl/α,β-unsaturated/α-hetero) is 2. The van der Waals surface area contributed by atoms with E-state index in [9.17, 15) is 14.4 Å². The molecule has 0 aliphatic heterocycles. The molecule has 0 bridgehead atoms. The zero-order valence-corrected chi connectivity index (χ0v) is 19.9. The van der Waals surface area contributed by atoms with E-state index in [1.165, 1.54) is 19.8 Å². The van der Waals surface area contributed by atoms with E-state index in [2.05, 4.69) is 24.1 Å². The average molecular weight is 419 g/mol. The van der Waals surface area contributed by atoms with Crippen LogP contribution in [-0.2, 0) is 14.4 Å². The molecule has 30 heavy (non-hydrogen) atoms. The molecule has 0 heterocycles. The Morgan fingerprint density at radius 2 is 1.73 bits per heavy atom. The Morgan fingerprint density at radius 3 is 2.27 bits per heavy atom. The van der Waals surface area contributed by atoms with Gasteiger partial charge in [-0.3, -0.25) is 14.4 Å². The maximum absolute atomic E-state index is 12.6. The number of unbranched alkanes of at least 4 members (excludes halogenated alkanes) is 1. The van der Waals surface area contributed by atoms with Crippen LogP contribution >= 0.6 is 0 Å². The molecule has 0 saturated heterocycles. The van der Waals surface area contributed by atoms with E-state index in [4.69, 9.17) is 0 Å². The molecular formula is C25H42N2O3. The minimum atomic E-state index is -0.449. The molecule has 0 radical (unpaired) electrons. The number of ketones is 2. The third kappa shape index (κ3) is 10.2. The maximum atomic E-state index is 12.6. The molecule has 0 aromatic carbocycles. The Balaban J connectivity index is 2.33. The highest BCUT2D eigenvalue weighted by Gasteiger charge is 2.31. The molecule has 1 aliphatic carbocycles. The van der Waals surface area contributed by atoms with Gasteiger partial charge in [0.15, 0.2) is 11.6 Å². The lowest BCUT2D eigenvalue weighted by Gasteiger charge is -2.30. The summed E-state index contributed by atoms with van der Waals surface area (Å²) in [7, 11) is 0. The zero-order chi connectivity index (χ0) is 22.9. The summed E-state index contributed by atoms with van der Waals surface area (Å²) >= 11 is 0. The van der Waals surface area contributed by atoms with Gasteiger partial charge in [-0.15, -0.1) is 0 Å². The molecule has 2 N–H and O–H groups in total. The highest BCUT2D eigenvalue weighted by Crippen LogP contribution is 2.33. The molecule has 0 aromatic rings. The van der Waals surface area contributed by atoms with Crippen LogP contribution in [0.15, 0.2) is 24.0 Å². The molecule has 1 amide bonds. The van der Waals surface area contributed by atoms with Gasteiger partial charge in [0.25, 0.3) is 0 Å². The first-order chi connectivity index (χ1) is 13.9. The molecule has 5 heteroatoms. The Hall–Kier alpha value is -1.91. The van der Waals surface area contributed by atoms with E-state index in [-0.39, 0.29) is 28.8 Å². The normalized spacial score (nSPS) is 16.5. The number of carbonyl (C=O) groups is 3. The standard InChI is InChI=1S/C25H42N2O3/c1-17(19(3)26-16-18(2)22(29)15-14-21-12-13-21)10-8-9-11-23(30)24(25(5,6)7)27-20(4)28/h16-17,21,24,26H,3,8-15H2,1-2,4-7H3,(H,27,28)/b18-16+. The lowest BCUT2D eigenvalue weighted by Crippen LogP contribution is -2.48. The van der Waals surface area contributed by atoms with Crippen molar-refractivity contribution in [2.75, 3.05) is 0 Å². The second kappa shape index (κ2) is 12.1. The first-order valence-corrected chi connectivity index (χ1v) is 11.4. The van der Waals surface area contributed by atoms with Gasteiger partial charge in [0, 0.05) is 37.2 Å². The number of hydrogen-bond acceptors (Lipinski definition) is 4. The topological polar surface area (TPSA) is 75.3 Å². The van der Waals surface area contributed by atoms with Crippen molar-refractivity contribution in [3.8, 4) is 0 Å². The monoisotopic (exact) mass is 418 g/mol. The average Bonchev–Trinajstić information content (AvgIpc) is 3.48. The molecule has 2 unspecified atom stereocenters. The van der Waals surface area contributed by atoms with Gasteiger partial charge in [0.1, 0.15) is 0 Å². The smallest absolute Gasteiger partial charge is 0.217 e. The van der Waals surface area contributed by atoms with Gasteiger partial charge in [-0.1, -0.05) is 53.5 Å². The van der Waals surface area contributed by atoms with Gasteiger partial charge in [0.05, 0.1) is 6.04 Å². The fraction of sp³-hybridized carbons (Fsp3) is 0.720. The molecule has 1 fully saturated rings. The van der Waals surface area contributed by atoms with E-state index < -0.39 is 6.04 Å². The summed E-state index contributed by atoms with van der Waals surface area (Å²) in [6.07, 6.45) is 9.06. The van der Waals surface area contributed by atoms with Crippen LogP contribution in [0.2, 0.25) is 0 Å². The Labute approximate surface area is 183 Å². The van der Waals surface area contributed by atoms with Crippen molar-refractivity contribution < 1.29 is 14.4 Å². The van der Waals surface area contributed by atoms with Crippen molar-refractivity contribution in [3.63, 3.8) is 0 Å². The summed E-state index contributed by atoms with van der Waals surface area (Å²) in [5.41, 5.74) is 1.34. The predicted octanol–water partition coefficient (Wildman–Crippen LogP) is 5.07. The van der Waals surface area contributed by atoms with Gasteiger partial charge < -0.3 is 10.6 Å². The molecule has 0 spiro atoms. The van der Waals surface area contributed by atoms with Crippen molar-refractivity contribution in [2.45, 2.75) is 99.0 Å². The summed E-state index contributed by atoms with van der Waals surface area (Å²) in [4.78, 5) is 36.1. The van der Waals surface area contributed by atoms with E-state index in [0.29, 0.717) is 12.8 Å². The van der Waals surface area contributed by atoms with Gasteiger partial charge in [-0.2, -0.15) is 0 Å². The SMILES string of the molecule is C=C(N/C=C(\C)C(=O)CCC1CC1)C(C)CCCCC(=O)C(NC(C)=O)C(C)(C)C. The van der Waals surface area contributed by atoms with Gasteiger partial charge in [-0.05, 0) is 43.4 Å². The van der Waals surface area contributed by atoms with Crippen molar-refractivity contribution in [3.05, 3.63) is 24.0 Å². The van der Waals surface area contributed by atoms with Crippen molar-refractivity contribution >= 4 is 17.5 Å². The van der Waals surface area contributed by atoms with E-state index >= 15 is 0 Å². The predicted molar refractivity (Wildman–Crippen MR) is 123 cm³/mol. The van der Waals surface area contributed by atoms with Gasteiger partial charge in [0.2, 0.25) is 5.91 Å². The van der Waals surface area contributed by atoms with Crippen molar-refractivity contribution in [2.24, 2.45) is 17.3 Å². The van der Waals surface area contributed by atoms with Crippen LogP contribution in [0.4, 0.5) is 0 Å². The van der Waals surface area contributed by atoms with Crippen LogP contribution in [0.5, 0.6) is 0 Å². The Bertz CT molecular complexity index is 654. The minimum Gasteiger partial charge on any atom is -0.365 e. The summed E-state index contributed by atoms with van der Waals surface area (Å²) in [5.74, 6) is 1.15. The first-order valence-electron chi connectivity index (χ1n) is 11.4. The highest BCUT2D eigenvalue weighted by molar-refractivity contribution is 5.94. The highest BCUT2D eigenvalue weighted by atomic mass is 16.2. The molecule has 1 rings (SSSR count). The van der Waals surface area contributed by atoms with Crippen LogP contribution < -0.4 is 10.6 Å². The van der Waals surface area contributed by atoms with Crippen LogP contribution in [0.25, 0.3) is 0 Å². The van der Waals surface area contributed by atoms with Crippen molar-refractivity contribution in [1.29, 1.82) is 0 Å². The van der Waals surface area contributed by atoms with E-state index in [0.717, 1.165) is 42.9 Å². The molecule has 0 aromatic heterocycles. The number of amides is 1. The van der Waals surface area contributed by atoms with Crippen LogP contribution in [0.3, 0.4) is 0 Å². The number of rotatable bonds is 14. The quantitative estimate of drug-likeness (QED) is 0.305. The molecule has 1 saturated carbocycles. The van der Waals surface area contributed by atoms with Crippen LogP contribution in [0.1, 0.15) is 92.9 Å². The first kappa shape index (κ1) is 26.1. The Kier molecular flexibility index (Phi) is 10.5. The summed E-state index contributed by atoms with van der Waals surface area (Å²) in [5, 5.41) is 5.98. The van der Waals surface area contributed by atoms with Gasteiger partial charge >= 0.3 is 0 Å². The van der Waals surface area contributed by atoms with E-state index in [1.807, 2.05) is 27.7 Å². The second-order valence-corrected chi connectivity index (χ2v) is 10.0. The molecule has 1 aliphatic rings. The lowest BCUT2D eigenvalue weighted by molar-refractivity contribution is -0.129. The Morgan fingerprint density at radius 1 is 1.10 bits per heavy atom. The number of nitrogens with one attached hydrogen (secondary N) is 2. The molecule has 5 nitrogen and oxygen atoms in total. The number of carbonyl (C=O) groups excluding carboxylic acids is 3. The summed E-state index contributed by atoms with van der Waals surface area (Å²) < 4.78 is 0. The maximum Gasteiger partial charge on any atom is 0.217 e. The minimum absolute atomic E-state index is 0.0885. The van der Waals surface area contributed by atoms with E-state index in [1.54, 1.807) is 6.20 Å². The fourth-order valence-electron chi connectivity index (χ4n) is 3.41. The van der Waals surface area contributed by atoms with Crippen molar-refractivity contribution in [1.82, 2.24) is 10.6 Å². The largest absolute Gasteiger partial charge is 0.365 e. The second-order valence-electron chi connectivity index (χ2n) is 10.0. The van der Waals surface area contributed by atoms with Gasteiger partial charge in [-0.25, -0.2) is 0 Å². The zero-order valence-electron chi connectivity index (χ0n) is 19.9. The summed E-state index contributed by atoms with van der Waals surface area (Å²) in [6.45, 7) is 15.4. The molecule has 170 valence electrons. The molecular weight excluding hydrogens is 376 g/mol. The number of allylic oxidation sites excluding steroid dienone is 2. The number of hydrogen-bond donors (Lipinski definition) is 2.